The van der Waals surface area contributed by atoms with Gasteiger partial charge in [-0.3, -0.25) is 4.90 Å². The van der Waals surface area contributed by atoms with Gasteiger partial charge in [-0.25, -0.2) is 0 Å². The highest BCUT2D eigenvalue weighted by Crippen LogP contribution is 2.18. The van der Waals surface area contributed by atoms with Crippen LogP contribution in [0.4, 0.5) is 0 Å². The molecule has 0 spiro atoms. The minimum Gasteiger partial charge on any atom is -0.368 e. The molecule has 1 aromatic carbocycles. The summed E-state index contributed by atoms with van der Waals surface area (Å²) in [5, 5.41) is 0. The van der Waals surface area contributed by atoms with Crippen molar-refractivity contribution in [3.8, 4) is 12.3 Å². The SMILES string of the molecule is C#CC(=C)/C(=C\C=C)N1CCN(Cc2ccc(C)c(C)c2)CC1. The zero-order chi connectivity index (χ0) is 16.8. The van der Waals surface area contributed by atoms with Crippen LogP contribution in [-0.2, 0) is 6.54 Å². The first-order valence-electron chi connectivity index (χ1n) is 8.07. The topological polar surface area (TPSA) is 6.48 Å². The van der Waals surface area contributed by atoms with Gasteiger partial charge in [-0.2, -0.15) is 0 Å². The van der Waals surface area contributed by atoms with Crippen LogP contribution in [0.1, 0.15) is 16.7 Å². The summed E-state index contributed by atoms with van der Waals surface area (Å²) in [6, 6.07) is 6.74. The summed E-state index contributed by atoms with van der Waals surface area (Å²) in [6.45, 7) is 17.1. The predicted octanol–water partition coefficient (Wildman–Crippen LogP) is 3.68. The number of terminal acetylenes is 1. The molecule has 0 aromatic heterocycles. The number of allylic oxidation sites excluding steroid dienone is 3. The summed E-state index contributed by atoms with van der Waals surface area (Å²) in [7, 11) is 0. The summed E-state index contributed by atoms with van der Waals surface area (Å²) in [5.41, 5.74) is 5.85. The molecule has 2 nitrogen and oxygen atoms in total. The van der Waals surface area contributed by atoms with Crippen molar-refractivity contribution in [2.75, 3.05) is 26.2 Å². The van der Waals surface area contributed by atoms with E-state index in [1.54, 1.807) is 6.08 Å². The van der Waals surface area contributed by atoms with Gasteiger partial charge in [-0.1, -0.05) is 43.4 Å². The molecular weight excluding hydrogens is 280 g/mol. The van der Waals surface area contributed by atoms with Crippen LogP contribution >= 0.6 is 0 Å². The molecule has 23 heavy (non-hydrogen) atoms. The van der Waals surface area contributed by atoms with Gasteiger partial charge in [0.05, 0.1) is 5.70 Å². The molecular formula is C21H26N2. The summed E-state index contributed by atoms with van der Waals surface area (Å²) in [6.07, 6.45) is 9.24. The number of hydrogen-bond acceptors (Lipinski definition) is 2. The molecule has 1 saturated heterocycles. The predicted molar refractivity (Wildman–Crippen MR) is 99.0 cm³/mol. The molecule has 0 unspecified atom stereocenters. The lowest BCUT2D eigenvalue weighted by atomic mass is 10.1. The van der Waals surface area contributed by atoms with Crippen molar-refractivity contribution in [2.45, 2.75) is 20.4 Å². The molecule has 0 amide bonds. The van der Waals surface area contributed by atoms with Crippen molar-refractivity contribution in [1.82, 2.24) is 9.80 Å². The summed E-state index contributed by atoms with van der Waals surface area (Å²) < 4.78 is 0. The van der Waals surface area contributed by atoms with Gasteiger partial charge in [-0.15, -0.1) is 6.42 Å². The van der Waals surface area contributed by atoms with Gasteiger partial charge in [0.1, 0.15) is 0 Å². The maximum atomic E-state index is 5.50. The lowest BCUT2D eigenvalue weighted by Crippen LogP contribution is -2.45. The van der Waals surface area contributed by atoms with Crippen LogP contribution in [0.2, 0.25) is 0 Å². The van der Waals surface area contributed by atoms with Crippen LogP contribution in [0.3, 0.4) is 0 Å². The van der Waals surface area contributed by atoms with Crippen molar-refractivity contribution < 1.29 is 0 Å². The summed E-state index contributed by atoms with van der Waals surface area (Å²) >= 11 is 0. The Labute approximate surface area is 140 Å². The van der Waals surface area contributed by atoms with Crippen molar-refractivity contribution in [3.05, 3.63) is 71.5 Å². The molecule has 0 atom stereocenters. The Morgan fingerprint density at radius 1 is 1.22 bits per heavy atom. The number of hydrogen-bond donors (Lipinski definition) is 0. The Morgan fingerprint density at radius 2 is 1.91 bits per heavy atom. The average Bonchev–Trinajstić information content (AvgIpc) is 2.56. The highest BCUT2D eigenvalue weighted by Gasteiger charge is 2.19. The van der Waals surface area contributed by atoms with E-state index < -0.39 is 0 Å². The Hall–Kier alpha value is -2.24. The summed E-state index contributed by atoms with van der Waals surface area (Å²) in [4.78, 5) is 4.80. The number of piperazine rings is 1. The third kappa shape index (κ3) is 4.37. The Balaban J connectivity index is 1.96. The van der Waals surface area contributed by atoms with E-state index in [-0.39, 0.29) is 0 Å². The van der Waals surface area contributed by atoms with Crippen LogP contribution in [0.5, 0.6) is 0 Å². The van der Waals surface area contributed by atoms with E-state index in [0.717, 1.165) is 44.0 Å². The van der Waals surface area contributed by atoms with Gasteiger partial charge >= 0.3 is 0 Å². The largest absolute Gasteiger partial charge is 0.368 e. The summed E-state index contributed by atoms with van der Waals surface area (Å²) in [5.74, 6) is 2.64. The van der Waals surface area contributed by atoms with Crippen molar-refractivity contribution >= 4 is 0 Å². The fourth-order valence-electron chi connectivity index (χ4n) is 2.89. The van der Waals surface area contributed by atoms with Gasteiger partial charge in [0, 0.05) is 38.3 Å². The van der Waals surface area contributed by atoms with E-state index in [9.17, 15) is 0 Å². The lowest BCUT2D eigenvalue weighted by Gasteiger charge is -2.37. The highest BCUT2D eigenvalue weighted by atomic mass is 15.3. The molecule has 2 heteroatoms. The van der Waals surface area contributed by atoms with E-state index >= 15 is 0 Å². The van der Waals surface area contributed by atoms with Crippen LogP contribution in [0, 0.1) is 26.2 Å². The van der Waals surface area contributed by atoms with Crippen LogP contribution in [-0.4, -0.2) is 36.0 Å². The maximum Gasteiger partial charge on any atom is 0.0519 e. The van der Waals surface area contributed by atoms with Gasteiger partial charge in [0.15, 0.2) is 0 Å². The van der Waals surface area contributed by atoms with Gasteiger partial charge in [-0.05, 0) is 36.6 Å². The number of aryl methyl sites for hydroxylation is 2. The monoisotopic (exact) mass is 306 g/mol. The molecule has 1 heterocycles. The normalized spacial score (nSPS) is 16.0. The van der Waals surface area contributed by atoms with Gasteiger partial charge in [0.2, 0.25) is 0 Å². The third-order valence-electron chi connectivity index (χ3n) is 4.45. The van der Waals surface area contributed by atoms with Crippen LogP contribution in [0.15, 0.2) is 54.8 Å². The molecule has 0 aliphatic carbocycles. The first kappa shape index (κ1) is 17.1. The minimum absolute atomic E-state index is 0.729. The number of rotatable bonds is 5. The molecule has 0 N–H and O–H groups in total. The highest BCUT2D eigenvalue weighted by molar-refractivity contribution is 5.42. The number of nitrogens with zero attached hydrogens (tertiary/aromatic N) is 2. The average molecular weight is 306 g/mol. The van der Waals surface area contributed by atoms with E-state index in [2.05, 4.69) is 60.9 Å². The smallest absolute Gasteiger partial charge is 0.0519 e. The minimum atomic E-state index is 0.729. The van der Waals surface area contributed by atoms with E-state index in [4.69, 9.17) is 6.42 Å². The first-order chi connectivity index (χ1) is 11.0. The quantitative estimate of drug-likeness (QED) is 0.605. The van der Waals surface area contributed by atoms with Gasteiger partial charge < -0.3 is 4.90 Å². The fraction of sp³-hybridized carbons (Fsp3) is 0.333. The second-order valence-corrected chi connectivity index (χ2v) is 6.09. The molecule has 0 bridgehead atoms. The van der Waals surface area contributed by atoms with Crippen molar-refractivity contribution in [1.29, 1.82) is 0 Å². The van der Waals surface area contributed by atoms with E-state index in [1.807, 2.05) is 6.08 Å². The molecule has 1 aliphatic rings. The second kappa shape index (κ2) is 7.85. The van der Waals surface area contributed by atoms with E-state index in [0.29, 0.717) is 0 Å². The standard InChI is InChI=1S/C21H26N2/c1-6-8-21(17(3)7-2)23-13-11-22(12-14-23)16-20-10-9-18(4)19(5)15-20/h2,6,8-10,15H,1,3,11-14,16H2,4-5H3/b21-8+. The van der Waals surface area contributed by atoms with Crippen LogP contribution in [0.25, 0.3) is 0 Å². The Morgan fingerprint density at radius 3 is 2.48 bits per heavy atom. The van der Waals surface area contributed by atoms with Gasteiger partial charge in [0.25, 0.3) is 0 Å². The third-order valence-corrected chi connectivity index (χ3v) is 4.45. The molecule has 0 saturated carbocycles. The lowest BCUT2D eigenvalue weighted by molar-refractivity contribution is 0.155. The number of benzene rings is 1. The molecule has 0 radical (unpaired) electrons. The van der Waals surface area contributed by atoms with Crippen molar-refractivity contribution in [3.63, 3.8) is 0 Å². The molecule has 1 fully saturated rings. The van der Waals surface area contributed by atoms with E-state index in [1.165, 1.54) is 16.7 Å². The molecule has 1 aromatic rings. The fourth-order valence-corrected chi connectivity index (χ4v) is 2.89. The molecule has 2 rings (SSSR count). The molecule has 120 valence electrons. The maximum absolute atomic E-state index is 5.50. The first-order valence-corrected chi connectivity index (χ1v) is 8.07. The second-order valence-electron chi connectivity index (χ2n) is 6.09. The Kier molecular flexibility index (Phi) is 5.84. The van der Waals surface area contributed by atoms with Crippen molar-refractivity contribution in [2.24, 2.45) is 0 Å². The molecule has 1 aliphatic heterocycles. The zero-order valence-electron chi connectivity index (χ0n) is 14.3. The van der Waals surface area contributed by atoms with Crippen LogP contribution < -0.4 is 0 Å². The Bertz CT molecular complexity index is 653. The zero-order valence-corrected chi connectivity index (χ0v) is 14.3.